The summed E-state index contributed by atoms with van der Waals surface area (Å²) in [5.74, 6) is 0.0470. The molecule has 0 bridgehead atoms. The van der Waals surface area contributed by atoms with Crippen molar-refractivity contribution in [2.45, 2.75) is 13.8 Å². The smallest absolute Gasteiger partial charge is 0.226 e. The summed E-state index contributed by atoms with van der Waals surface area (Å²) < 4.78 is 2.01. The minimum Gasteiger partial charge on any atom is -0.325 e. The number of rotatable bonds is 2. The zero-order valence-electron chi connectivity index (χ0n) is 7.97. The van der Waals surface area contributed by atoms with Gasteiger partial charge in [0.1, 0.15) is 0 Å². The zero-order chi connectivity index (χ0) is 10.7. The highest BCUT2D eigenvalue weighted by molar-refractivity contribution is 14.1. The number of nitrogens with one attached hydrogen (secondary N) is 1. The van der Waals surface area contributed by atoms with Gasteiger partial charge in [-0.25, -0.2) is 0 Å². The van der Waals surface area contributed by atoms with E-state index in [0.29, 0.717) is 0 Å². The molecule has 76 valence electrons. The number of anilines is 1. The summed E-state index contributed by atoms with van der Waals surface area (Å²) >= 11 is 5.57. The van der Waals surface area contributed by atoms with Gasteiger partial charge in [-0.05, 0) is 40.8 Å². The molecule has 0 fully saturated rings. The molecule has 0 saturated carbocycles. The van der Waals surface area contributed by atoms with Crippen LogP contribution in [0.1, 0.15) is 13.8 Å². The van der Waals surface area contributed by atoms with Crippen LogP contribution in [0.15, 0.2) is 22.7 Å². The highest BCUT2D eigenvalue weighted by Gasteiger charge is 2.09. The van der Waals surface area contributed by atoms with Gasteiger partial charge in [-0.2, -0.15) is 0 Å². The lowest BCUT2D eigenvalue weighted by Gasteiger charge is -2.09. The molecule has 0 aliphatic heterocycles. The van der Waals surface area contributed by atoms with E-state index in [9.17, 15) is 4.79 Å². The molecule has 0 radical (unpaired) electrons. The van der Waals surface area contributed by atoms with E-state index in [1.54, 1.807) is 0 Å². The van der Waals surface area contributed by atoms with Crippen LogP contribution in [0, 0.1) is 9.49 Å². The fourth-order valence-electron chi connectivity index (χ4n) is 0.870. The van der Waals surface area contributed by atoms with Crippen molar-refractivity contribution < 1.29 is 4.79 Å². The standard InChI is InChI=1S/C10H11BrINO/c1-6(2)10(14)13-9-5-7(11)3-4-8(9)12/h3-6H,1-2H3,(H,13,14). The lowest BCUT2D eigenvalue weighted by atomic mass is 10.2. The molecule has 4 heteroatoms. The van der Waals surface area contributed by atoms with Crippen molar-refractivity contribution in [3.63, 3.8) is 0 Å². The molecule has 1 N–H and O–H groups in total. The van der Waals surface area contributed by atoms with Crippen molar-refractivity contribution in [3.05, 3.63) is 26.2 Å². The summed E-state index contributed by atoms with van der Waals surface area (Å²) in [5.41, 5.74) is 0.860. The molecule has 1 aromatic carbocycles. The van der Waals surface area contributed by atoms with Gasteiger partial charge < -0.3 is 5.32 Å². The third-order valence-corrected chi connectivity index (χ3v) is 3.14. The Balaban J connectivity index is 2.86. The van der Waals surface area contributed by atoms with Gasteiger partial charge in [0.05, 0.1) is 5.69 Å². The Morgan fingerprint density at radius 2 is 2.14 bits per heavy atom. The van der Waals surface area contributed by atoms with Gasteiger partial charge in [-0.1, -0.05) is 29.8 Å². The summed E-state index contributed by atoms with van der Waals surface area (Å²) in [6, 6.07) is 5.81. The Kier molecular flexibility index (Phi) is 4.37. The van der Waals surface area contributed by atoms with Gasteiger partial charge in [0, 0.05) is 14.0 Å². The second kappa shape index (κ2) is 5.11. The third-order valence-electron chi connectivity index (χ3n) is 1.71. The Morgan fingerprint density at radius 1 is 1.50 bits per heavy atom. The zero-order valence-corrected chi connectivity index (χ0v) is 11.7. The van der Waals surface area contributed by atoms with Crippen molar-refractivity contribution in [3.8, 4) is 0 Å². The van der Waals surface area contributed by atoms with Gasteiger partial charge in [0.2, 0.25) is 5.91 Å². The summed E-state index contributed by atoms with van der Waals surface area (Å²) in [5, 5.41) is 2.87. The predicted molar refractivity (Wildman–Crippen MR) is 70.3 cm³/mol. The van der Waals surface area contributed by atoms with E-state index >= 15 is 0 Å². The average molecular weight is 368 g/mol. The molecule has 1 amide bonds. The maximum absolute atomic E-state index is 11.4. The summed E-state index contributed by atoms with van der Waals surface area (Å²) in [4.78, 5) is 11.4. The number of hydrogen-bond acceptors (Lipinski definition) is 1. The molecule has 1 rings (SSSR count). The highest BCUT2D eigenvalue weighted by atomic mass is 127. The van der Waals surface area contributed by atoms with E-state index in [2.05, 4.69) is 43.8 Å². The maximum Gasteiger partial charge on any atom is 0.226 e. The number of benzene rings is 1. The number of halogens is 2. The summed E-state index contributed by atoms with van der Waals surface area (Å²) in [6.45, 7) is 3.75. The topological polar surface area (TPSA) is 29.1 Å². The number of carbonyl (C=O) groups excluding carboxylic acids is 1. The summed E-state index contributed by atoms with van der Waals surface area (Å²) in [6.07, 6.45) is 0. The number of hydrogen-bond donors (Lipinski definition) is 1. The van der Waals surface area contributed by atoms with E-state index < -0.39 is 0 Å². The second-order valence-electron chi connectivity index (χ2n) is 3.27. The van der Waals surface area contributed by atoms with Gasteiger partial charge in [0.25, 0.3) is 0 Å². The van der Waals surface area contributed by atoms with Gasteiger partial charge in [0.15, 0.2) is 0 Å². The molecule has 0 aliphatic rings. The molecule has 0 heterocycles. The number of amides is 1. The first kappa shape index (κ1) is 12.0. The molecule has 0 unspecified atom stereocenters. The summed E-state index contributed by atoms with van der Waals surface area (Å²) in [7, 11) is 0. The van der Waals surface area contributed by atoms with Crippen LogP contribution < -0.4 is 5.32 Å². The van der Waals surface area contributed by atoms with Gasteiger partial charge in [-0.15, -0.1) is 0 Å². The molecule has 14 heavy (non-hydrogen) atoms. The SMILES string of the molecule is CC(C)C(=O)Nc1cc(Br)ccc1I. The quantitative estimate of drug-likeness (QED) is 0.794. The maximum atomic E-state index is 11.4. The van der Waals surface area contributed by atoms with Crippen LogP contribution >= 0.6 is 38.5 Å². The van der Waals surface area contributed by atoms with Crippen LogP contribution in [0.3, 0.4) is 0 Å². The van der Waals surface area contributed by atoms with Crippen molar-refractivity contribution >= 4 is 50.1 Å². The van der Waals surface area contributed by atoms with E-state index in [1.165, 1.54) is 0 Å². The largest absolute Gasteiger partial charge is 0.325 e. The monoisotopic (exact) mass is 367 g/mol. The highest BCUT2D eigenvalue weighted by Crippen LogP contribution is 2.23. The van der Waals surface area contributed by atoms with E-state index in [4.69, 9.17) is 0 Å². The number of carbonyl (C=O) groups is 1. The third kappa shape index (κ3) is 3.24. The second-order valence-corrected chi connectivity index (χ2v) is 5.35. The predicted octanol–water partition coefficient (Wildman–Crippen LogP) is 3.65. The van der Waals surface area contributed by atoms with Crippen LogP contribution in [-0.2, 0) is 4.79 Å². The first-order chi connectivity index (χ1) is 6.50. The van der Waals surface area contributed by atoms with E-state index in [0.717, 1.165) is 13.7 Å². The lowest BCUT2D eigenvalue weighted by Crippen LogP contribution is -2.18. The molecule has 0 atom stereocenters. The molecule has 0 aliphatic carbocycles. The van der Waals surface area contributed by atoms with Crippen LogP contribution in [0.4, 0.5) is 5.69 Å². The molecule has 0 spiro atoms. The van der Waals surface area contributed by atoms with Crippen molar-refractivity contribution in [2.75, 3.05) is 5.32 Å². The minimum absolute atomic E-state index is 0.00443. The van der Waals surface area contributed by atoms with Crippen molar-refractivity contribution in [2.24, 2.45) is 5.92 Å². The molecule has 2 nitrogen and oxygen atoms in total. The normalized spacial score (nSPS) is 10.4. The first-order valence-corrected chi connectivity index (χ1v) is 6.14. The minimum atomic E-state index is 0.00443. The van der Waals surface area contributed by atoms with Gasteiger partial charge >= 0.3 is 0 Å². The fourth-order valence-corrected chi connectivity index (χ4v) is 1.70. The van der Waals surface area contributed by atoms with Crippen molar-refractivity contribution in [1.29, 1.82) is 0 Å². The van der Waals surface area contributed by atoms with E-state index in [-0.39, 0.29) is 11.8 Å². The fraction of sp³-hybridized carbons (Fsp3) is 0.300. The first-order valence-electron chi connectivity index (χ1n) is 4.26. The molecular formula is C10H11BrINO. The molecule has 1 aromatic rings. The lowest BCUT2D eigenvalue weighted by molar-refractivity contribution is -0.118. The van der Waals surface area contributed by atoms with Gasteiger partial charge in [-0.3, -0.25) is 4.79 Å². The molecule has 0 saturated heterocycles. The van der Waals surface area contributed by atoms with Crippen LogP contribution in [-0.4, -0.2) is 5.91 Å². The molecule has 0 aromatic heterocycles. The Morgan fingerprint density at radius 3 is 2.71 bits per heavy atom. The van der Waals surface area contributed by atoms with Crippen molar-refractivity contribution in [1.82, 2.24) is 0 Å². The Hall–Kier alpha value is -0.100. The Bertz CT molecular complexity index is 352. The van der Waals surface area contributed by atoms with Crippen LogP contribution in [0.2, 0.25) is 0 Å². The van der Waals surface area contributed by atoms with Crippen LogP contribution in [0.25, 0.3) is 0 Å². The van der Waals surface area contributed by atoms with Crippen LogP contribution in [0.5, 0.6) is 0 Å². The van der Waals surface area contributed by atoms with E-state index in [1.807, 2.05) is 32.0 Å². The Labute approximate surface area is 106 Å². The average Bonchev–Trinajstić information content (AvgIpc) is 2.11. The molecular weight excluding hydrogens is 357 g/mol.